The second kappa shape index (κ2) is 7.59. The van der Waals surface area contributed by atoms with E-state index in [0.717, 1.165) is 15.8 Å². The zero-order valence-corrected chi connectivity index (χ0v) is 18.5. The topological polar surface area (TPSA) is 62.6 Å². The molecule has 1 aromatic carbocycles. The van der Waals surface area contributed by atoms with Gasteiger partial charge in [-0.1, -0.05) is 29.8 Å². The molecule has 4 rings (SSSR count). The number of fused-ring (bicyclic) bond motifs is 1. The van der Waals surface area contributed by atoms with Gasteiger partial charge in [0.1, 0.15) is 10.5 Å². The normalized spacial score (nSPS) is 18.4. The number of hydrogen-bond donors (Lipinski definition) is 0. The summed E-state index contributed by atoms with van der Waals surface area (Å²) in [5.41, 5.74) is 3.00. The van der Waals surface area contributed by atoms with Gasteiger partial charge in [-0.2, -0.15) is 4.31 Å². The van der Waals surface area contributed by atoms with E-state index >= 15 is 0 Å². The maximum Gasteiger partial charge on any atom is 0.270 e. The van der Waals surface area contributed by atoms with E-state index in [0.29, 0.717) is 31.9 Å². The Hall–Kier alpha value is -2.16. The lowest BCUT2D eigenvalue weighted by molar-refractivity contribution is 0.0633. The molecule has 3 aromatic rings. The van der Waals surface area contributed by atoms with Crippen LogP contribution in [0.1, 0.15) is 28.5 Å². The minimum Gasteiger partial charge on any atom is -0.334 e. The number of piperazine rings is 1. The van der Waals surface area contributed by atoms with E-state index in [9.17, 15) is 13.2 Å². The van der Waals surface area contributed by atoms with Crippen molar-refractivity contribution in [3.8, 4) is 0 Å². The lowest BCUT2D eigenvalue weighted by Crippen LogP contribution is -2.55. The lowest BCUT2D eigenvalue weighted by atomic mass is 10.1. The first kappa shape index (κ1) is 20.1. The second-order valence-electron chi connectivity index (χ2n) is 7.76. The Kier molecular flexibility index (Phi) is 5.27. The molecular weight excluding hydrogens is 406 g/mol. The first-order chi connectivity index (χ1) is 13.7. The number of nitrogens with zero attached hydrogens (tertiary/aromatic N) is 3. The molecule has 154 valence electrons. The van der Waals surface area contributed by atoms with Crippen LogP contribution < -0.4 is 0 Å². The van der Waals surface area contributed by atoms with Crippen LogP contribution in [-0.2, 0) is 16.6 Å². The predicted octanol–water partition coefficient (Wildman–Crippen LogP) is 3.17. The van der Waals surface area contributed by atoms with Crippen molar-refractivity contribution in [2.24, 2.45) is 0 Å². The van der Waals surface area contributed by atoms with E-state index in [1.54, 1.807) is 16.2 Å². The number of aromatic nitrogens is 1. The van der Waals surface area contributed by atoms with Crippen LogP contribution in [0.4, 0.5) is 0 Å². The summed E-state index contributed by atoms with van der Waals surface area (Å²) in [6.07, 6.45) is 1.22. The van der Waals surface area contributed by atoms with Crippen molar-refractivity contribution in [1.29, 1.82) is 0 Å². The molecule has 2 aromatic heterocycles. The van der Waals surface area contributed by atoms with Crippen LogP contribution in [0.3, 0.4) is 0 Å². The summed E-state index contributed by atoms with van der Waals surface area (Å²) in [5, 5.41) is 3.10. The van der Waals surface area contributed by atoms with Gasteiger partial charge < -0.3 is 9.47 Å². The van der Waals surface area contributed by atoms with Gasteiger partial charge in [0.15, 0.2) is 0 Å². The lowest BCUT2D eigenvalue weighted by Gasteiger charge is -2.38. The molecule has 0 bridgehead atoms. The van der Waals surface area contributed by atoms with E-state index in [1.165, 1.54) is 16.1 Å². The molecule has 3 heterocycles. The highest BCUT2D eigenvalue weighted by Crippen LogP contribution is 2.28. The fraction of sp³-hybridized carbons (Fsp3) is 0.381. The number of carbonyl (C=O) groups excluding carboxylic acids is 1. The van der Waals surface area contributed by atoms with E-state index < -0.39 is 10.0 Å². The summed E-state index contributed by atoms with van der Waals surface area (Å²) in [6, 6.07) is 12.1. The van der Waals surface area contributed by atoms with Crippen molar-refractivity contribution in [3.05, 3.63) is 58.6 Å². The highest BCUT2D eigenvalue weighted by Gasteiger charge is 2.33. The van der Waals surface area contributed by atoms with Gasteiger partial charge in [0.25, 0.3) is 5.91 Å². The maximum atomic E-state index is 13.4. The minimum atomic E-state index is -3.26. The van der Waals surface area contributed by atoms with Crippen LogP contribution in [0.5, 0.6) is 0 Å². The fourth-order valence-electron chi connectivity index (χ4n) is 4.08. The molecule has 1 saturated heterocycles. The predicted molar refractivity (Wildman–Crippen MR) is 117 cm³/mol. The average Bonchev–Trinajstić information content (AvgIpc) is 3.23. The SMILES string of the molecule is Cc1cccc(Cn2c(C(=O)N3CCN(S(C)(=O)=O)C(C)C3)cc3ccsc32)c1. The molecule has 1 atom stereocenters. The van der Waals surface area contributed by atoms with Crippen LogP contribution in [0.15, 0.2) is 41.8 Å². The minimum absolute atomic E-state index is 0.0407. The zero-order chi connectivity index (χ0) is 20.8. The third-order valence-electron chi connectivity index (χ3n) is 5.42. The molecule has 8 heteroatoms. The molecule has 1 aliphatic heterocycles. The summed E-state index contributed by atoms with van der Waals surface area (Å²) in [7, 11) is -3.26. The van der Waals surface area contributed by atoms with Gasteiger partial charge in [-0.15, -0.1) is 11.3 Å². The monoisotopic (exact) mass is 431 g/mol. The van der Waals surface area contributed by atoms with Gasteiger partial charge in [-0.3, -0.25) is 4.79 Å². The van der Waals surface area contributed by atoms with Crippen LogP contribution in [0.25, 0.3) is 10.2 Å². The molecule has 1 amide bonds. The zero-order valence-electron chi connectivity index (χ0n) is 16.8. The number of thiophene rings is 1. The van der Waals surface area contributed by atoms with Crippen LogP contribution >= 0.6 is 11.3 Å². The first-order valence-corrected chi connectivity index (χ1v) is 12.3. The van der Waals surface area contributed by atoms with Crippen LogP contribution in [0.2, 0.25) is 0 Å². The Balaban J connectivity index is 1.64. The first-order valence-electron chi connectivity index (χ1n) is 9.62. The Labute approximate surface area is 175 Å². The summed E-state index contributed by atoms with van der Waals surface area (Å²) >= 11 is 1.63. The molecule has 0 saturated carbocycles. The van der Waals surface area contributed by atoms with Gasteiger partial charge in [0.05, 0.1) is 6.26 Å². The molecule has 29 heavy (non-hydrogen) atoms. The largest absolute Gasteiger partial charge is 0.334 e. The molecule has 0 spiro atoms. The summed E-state index contributed by atoms with van der Waals surface area (Å²) in [5.74, 6) is -0.0407. The number of benzene rings is 1. The van der Waals surface area contributed by atoms with Gasteiger partial charge in [0.2, 0.25) is 10.0 Å². The molecule has 1 unspecified atom stereocenters. The Morgan fingerprint density at radius 1 is 1.21 bits per heavy atom. The van der Waals surface area contributed by atoms with Crippen molar-refractivity contribution in [2.75, 3.05) is 25.9 Å². The van der Waals surface area contributed by atoms with Crippen molar-refractivity contribution >= 4 is 37.5 Å². The Morgan fingerprint density at radius 2 is 2.00 bits per heavy atom. The smallest absolute Gasteiger partial charge is 0.270 e. The van der Waals surface area contributed by atoms with Crippen LogP contribution in [0, 0.1) is 6.92 Å². The quantitative estimate of drug-likeness (QED) is 0.637. The summed E-state index contributed by atoms with van der Waals surface area (Å²) in [6.45, 7) is 5.68. The molecule has 0 radical (unpaired) electrons. The van der Waals surface area contributed by atoms with Gasteiger partial charge in [-0.05, 0) is 36.9 Å². The van der Waals surface area contributed by atoms with Gasteiger partial charge in [-0.25, -0.2) is 8.42 Å². The third-order valence-corrected chi connectivity index (χ3v) is 7.77. The van der Waals surface area contributed by atoms with E-state index in [-0.39, 0.29) is 11.9 Å². The number of rotatable bonds is 4. The number of aryl methyl sites for hydroxylation is 1. The molecule has 1 aliphatic rings. The van der Waals surface area contributed by atoms with Crippen LogP contribution in [-0.4, -0.2) is 60.0 Å². The molecule has 6 nitrogen and oxygen atoms in total. The van der Waals surface area contributed by atoms with Crippen molar-refractivity contribution in [3.63, 3.8) is 0 Å². The van der Waals surface area contributed by atoms with E-state index in [4.69, 9.17) is 0 Å². The number of sulfonamides is 1. The number of carbonyl (C=O) groups is 1. The maximum absolute atomic E-state index is 13.4. The number of hydrogen-bond acceptors (Lipinski definition) is 4. The number of amides is 1. The van der Waals surface area contributed by atoms with Crippen molar-refractivity contribution < 1.29 is 13.2 Å². The summed E-state index contributed by atoms with van der Waals surface area (Å²) < 4.78 is 27.4. The molecular formula is C21H25N3O3S2. The standard InChI is InChI=1S/C21H25N3O3S2/c1-15-5-4-6-17(11-15)14-23-19(12-18-7-10-28-21(18)23)20(25)22-8-9-24(16(2)13-22)29(3,26)27/h4-7,10-12,16H,8-9,13-14H2,1-3H3. The van der Waals surface area contributed by atoms with Gasteiger partial charge in [0, 0.05) is 37.6 Å². The van der Waals surface area contributed by atoms with Crippen molar-refractivity contribution in [2.45, 2.75) is 26.4 Å². The van der Waals surface area contributed by atoms with Gasteiger partial charge >= 0.3 is 0 Å². The van der Waals surface area contributed by atoms with E-state index in [2.05, 4.69) is 29.7 Å². The average molecular weight is 432 g/mol. The second-order valence-corrected chi connectivity index (χ2v) is 10.6. The molecule has 0 N–H and O–H groups in total. The summed E-state index contributed by atoms with van der Waals surface area (Å²) in [4.78, 5) is 16.2. The van der Waals surface area contributed by atoms with Crippen molar-refractivity contribution in [1.82, 2.24) is 13.8 Å². The molecule has 1 fully saturated rings. The Morgan fingerprint density at radius 3 is 2.69 bits per heavy atom. The highest BCUT2D eigenvalue weighted by molar-refractivity contribution is 7.88. The highest BCUT2D eigenvalue weighted by atomic mass is 32.2. The third kappa shape index (κ3) is 3.97. The Bertz CT molecular complexity index is 1160. The molecule has 0 aliphatic carbocycles. The van der Waals surface area contributed by atoms with E-state index in [1.807, 2.05) is 30.5 Å². The fourth-order valence-corrected chi connectivity index (χ4v) is 6.11.